The minimum atomic E-state index is -3.83. The molecule has 2 aromatic carbocycles. The number of hydrogen-bond donors (Lipinski definition) is 1. The predicted molar refractivity (Wildman–Crippen MR) is 94.7 cm³/mol. The van der Waals surface area contributed by atoms with E-state index in [2.05, 4.69) is 4.72 Å². The molecule has 0 unspecified atom stereocenters. The van der Waals surface area contributed by atoms with E-state index in [1.165, 1.54) is 32.4 Å². The lowest BCUT2D eigenvalue weighted by Gasteiger charge is -2.17. The van der Waals surface area contributed by atoms with Gasteiger partial charge in [-0.05, 0) is 42.8 Å². The molecule has 0 bridgehead atoms. The van der Waals surface area contributed by atoms with Gasteiger partial charge in [-0.25, -0.2) is 13.1 Å². The second kappa shape index (κ2) is 7.61. The van der Waals surface area contributed by atoms with Crippen LogP contribution in [0.3, 0.4) is 0 Å². The van der Waals surface area contributed by atoms with Crippen LogP contribution < -0.4 is 14.2 Å². The molecule has 0 aliphatic carbocycles. The predicted octanol–water partition coefficient (Wildman–Crippen LogP) is 4.05. The van der Waals surface area contributed by atoms with Gasteiger partial charge < -0.3 is 9.47 Å². The van der Waals surface area contributed by atoms with E-state index >= 15 is 0 Å². The molecule has 0 aliphatic rings. The molecule has 8 heteroatoms. The second-order valence-corrected chi connectivity index (χ2v) is 7.56. The van der Waals surface area contributed by atoms with Gasteiger partial charge in [0.05, 0.1) is 19.2 Å². The molecule has 0 aromatic heterocycles. The molecule has 0 saturated heterocycles. The van der Waals surface area contributed by atoms with Gasteiger partial charge in [-0.2, -0.15) is 0 Å². The maximum atomic E-state index is 12.6. The zero-order valence-electron chi connectivity index (χ0n) is 13.3. The van der Waals surface area contributed by atoms with Gasteiger partial charge in [0.25, 0.3) is 0 Å². The fourth-order valence-corrected chi connectivity index (χ4v) is 4.16. The summed E-state index contributed by atoms with van der Waals surface area (Å²) in [6, 6.07) is 8.96. The fraction of sp³-hybridized carbons (Fsp3) is 0.250. The number of rotatable bonds is 6. The van der Waals surface area contributed by atoms with E-state index in [1.54, 1.807) is 25.1 Å². The van der Waals surface area contributed by atoms with E-state index in [4.69, 9.17) is 32.7 Å². The number of benzene rings is 2. The Balaban J connectivity index is 2.31. The molecule has 0 radical (unpaired) electrons. The third-order valence-electron chi connectivity index (χ3n) is 3.42. The van der Waals surface area contributed by atoms with Crippen molar-refractivity contribution in [1.82, 2.24) is 4.72 Å². The summed E-state index contributed by atoms with van der Waals surface area (Å²) in [7, 11) is -0.786. The van der Waals surface area contributed by atoms with Gasteiger partial charge in [-0.1, -0.05) is 29.3 Å². The first-order valence-electron chi connectivity index (χ1n) is 6.98. The maximum absolute atomic E-state index is 12.6. The van der Waals surface area contributed by atoms with Gasteiger partial charge in [0, 0.05) is 11.1 Å². The summed E-state index contributed by atoms with van der Waals surface area (Å²) in [4.78, 5) is -0.0657. The van der Waals surface area contributed by atoms with E-state index in [0.717, 1.165) is 5.56 Å². The van der Waals surface area contributed by atoms with Crippen LogP contribution in [0.5, 0.6) is 11.5 Å². The molecule has 0 spiro atoms. The van der Waals surface area contributed by atoms with E-state index in [0.29, 0.717) is 16.5 Å². The topological polar surface area (TPSA) is 64.6 Å². The largest absolute Gasteiger partial charge is 0.493 e. The van der Waals surface area contributed by atoms with Gasteiger partial charge >= 0.3 is 0 Å². The van der Waals surface area contributed by atoms with Crippen molar-refractivity contribution in [3.63, 3.8) is 0 Å². The Morgan fingerprint density at radius 2 is 1.67 bits per heavy atom. The van der Waals surface area contributed by atoms with E-state index in [9.17, 15) is 8.42 Å². The summed E-state index contributed by atoms with van der Waals surface area (Å²) in [6.07, 6.45) is 0. The van der Waals surface area contributed by atoms with Crippen LogP contribution >= 0.6 is 23.2 Å². The zero-order valence-corrected chi connectivity index (χ0v) is 15.7. The molecular formula is C16H17Cl2NO4S. The van der Waals surface area contributed by atoms with Crippen LogP contribution in [0, 0.1) is 0 Å². The van der Waals surface area contributed by atoms with Crippen molar-refractivity contribution in [2.45, 2.75) is 17.9 Å². The lowest BCUT2D eigenvalue weighted by atomic mass is 10.1. The highest BCUT2D eigenvalue weighted by Gasteiger charge is 2.22. The molecule has 1 N–H and O–H groups in total. The second-order valence-electron chi connectivity index (χ2n) is 5.03. The SMILES string of the molecule is COc1ccc([C@@H](C)NS(=O)(=O)c2cc(Cl)ccc2Cl)cc1OC. The molecular weight excluding hydrogens is 373 g/mol. The lowest BCUT2D eigenvalue weighted by Crippen LogP contribution is -2.27. The van der Waals surface area contributed by atoms with Gasteiger partial charge in [0.15, 0.2) is 11.5 Å². The molecule has 0 fully saturated rings. The molecule has 0 amide bonds. The summed E-state index contributed by atoms with van der Waals surface area (Å²) in [6.45, 7) is 1.72. The van der Waals surface area contributed by atoms with Gasteiger partial charge in [0.1, 0.15) is 4.90 Å². The van der Waals surface area contributed by atoms with Crippen molar-refractivity contribution in [1.29, 1.82) is 0 Å². The molecule has 24 heavy (non-hydrogen) atoms. The minimum Gasteiger partial charge on any atom is -0.493 e. The number of halogens is 2. The third-order valence-corrected chi connectivity index (χ3v) is 5.68. The average Bonchev–Trinajstić information content (AvgIpc) is 2.55. The van der Waals surface area contributed by atoms with E-state index < -0.39 is 16.1 Å². The molecule has 1 atom stereocenters. The number of sulfonamides is 1. The standard InChI is InChI=1S/C16H17Cl2NO4S/c1-10(11-4-7-14(22-2)15(8-11)23-3)19-24(20,21)16-9-12(17)5-6-13(16)18/h4-10,19H,1-3H3/t10-/m1/s1. The van der Waals surface area contributed by atoms with Crippen LogP contribution in [0.25, 0.3) is 0 Å². The summed E-state index contributed by atoms with van der Waals surface area (Å²) < 4.78 is 38.1. The van der Waals surface area contributed by atoms with E-state index in [-0.39, 0.29) is 9.92 Å². The van der Waals surface area contributed by atoms with Gasteiger partial charge in [-0.3, -0.25) is 0 Å². The quantitative estimate of drug-likeness (QED) is 0.808. The lowest BCUT2D eigenvalue weighted by molar-refractivity contribution is 0.354. The normalized spacial score (nSPS) is 12.7. The Morgan fingerprint density at radius 1 is 1.00 bits per heavy atom. The number of ether oxygens (including phenoxy) is 2. The van der Waals surface area contributed by atoms with Crippen LogP contribution in [-0.2, 0) is 10.0 Å². The molecule has 0 heterocycles. The van der Waals surface area contributed by atoms with Crippen molar-refractivity contribution in [3.05, 3.63) is 52.0 Å². The van der Waals surface area contributed by atoms with Crippen molar-refractivity contribution in [3.8, 4) is 11.5 Å². The summed E-state index contributed by atoms with van der Waals surface area (Å²) >= 11 is 11.9. The van der Waals surface area contributed by atoms with Crippen LogP contribution in [0.4, 0.5) is 0 Å². The maximum Gasteiger partial charge on any atom is 0.242 e. The van der Waals surface area contributed by atoms with Gasteiger partial charge in [-0.15, -0.1) is 0 Å². The Labute approximate surface area is 151 Å². The van der Waals surface area contributed by atoms with Crippen molar-refractivity contribution in [2.75, 3.05) is 14.2 Å². The fourth-order valence-electron chi connectivity index (χ4n) is 2.17. The molecule has 130 valence electrons. The highest BCUT2D eigenvalue weighted by Crippen LogP contribution is 2.31. The van der Waals surface area contributed by atoms with E-state index in [1.807, 2.05) is 0 Å². The van der Waals surface area contributed by atoms with Crippen molar-refractivity contribution >= 4 is 33.2 Å². The molecule has 2 rings (SSSR count). The minimum absolute atomic E-state index is 0.0657. The average molecular weight is 390 g/mol. The Hall–Kier alpha value is -1.47. The van der Waals surface area contributed by atoms with Crippen LogP contribution in [-0.4, -0.2) is 22.6 Å². The van der Waals surface area contributed by atoms with Crippen molar-refractivity contribution < 1.29 is 17.9 Å². The molecule has 2 aromatic rings. The number of hydrogen-bond acceptors (Lipinski definition) is 4. The molecule has 0 saturated carbocycles. The Bertz CT molecular complexity index is 840. The van der Waals surface area contributed by atoms with Gasteiger partial charge in [0.2, 0.25) is 10.0 Å². The first-order chi connectivity index (χ1) is 11.3. The number of methoxy groups -OCH3 is 2. The molecule has 5 nitrogen and oxygen atoms in total. The first kappa shape index (κ1) is 18.9. The van der Waals surface area contributed by atoms with Crippen LogP contribution in [0.1, 0.15) is 18.5 Å². The molecule has 0 aliphatic heterocycles. The van der Waals surface area contributed by atoms with Crippen molar-refractivity contribution in [2.24, 2.45) is 0 Å². The number of nitrogens with one attached hydrogen (secondary N) is 1. The zero-order chi connectivity index (χ0) is 17.9. The van der Waals surface area contributed by atoms with Crippen LogP contribution in [0.15, 0.2) is 41.3 Å². The first-order valence-corrected chi connectivity index (χ1v) is 9.21. The monoisotopic (exact) mass is 389 g/mol. The van der Waals surface area contributed by atoms with Crippen LogP contribution in [0.2, 0.25) is 10.0 Å². The summed E-state index contributed by atoms with van der Waals surface area (Å²) in [5, 5.41) is 0.393. The summed E-state index contributed by atoms with van der Waals surface area (Å²) in [5.74, 6) is 1.08. The Morgan fingerprint density at radius 3 is 2.29 bits per heavy atom. The Kier molecular flexibility index (Phi) is 5.98. The third kappa shape index (κ3) is 4.13. The summed E-state index contributed by atoms with van der Waals surface area (Å²) in [5.41, 5.74) is 0.717. The highest BCUT2D eigenvalue weighted by molar-refractivity contribution is 7.89. The smallest absolute Gasteiger partial charge is 0.242 e. The highest BCUT2D eigenvalue weighted by atomic mass is 35.5.